The number of rotatable bonds is 32. The van der Waals surface area contributed by atoms with Crippen LogP contribution in [0.5, 0.6) is 0 Å². The highest BCUT2D eigenvalue weighted by atomic mass is 35.5. The van der Waals surface area contributed by atoms with Gasteiger partial charge < -0.3 is 34.9 Å². The van der Waals surface area contributed by atoms with Crippen molar-refractivity contribution in [3.63, 3.8) is 0 Å². The highest BCUT2D eigenvalue weighted by Gasteiger charge is 2.44. The number of para-hydroxylation sites is 2. The molecule has 0 bridgehead atoms. The monoisotopic (exact) mass is 1220 g/mol. The van der Waals surface area contributed by atoms with E-state index in [9.17, 15) is 46.8 Å². The number of benzene rings is 2. The molecule has 4 aliphatic rings. The Morgan fingerprint density at radius 2 is 1.35 bits per heavy atom. The number of allylic oxidation sites excluding steroid dienone is 8. The SMILES string of the molecule is CC1(C)C(/C=C/C2=C(Cl)C(=C/C=C3/N(CCCCS(=O)(=O)O)c4ccccc4C3(C)C)/CCC2)=[N+](CCCCCC(=O)NCCCCC(NC(=O)CN2CCN(COC=O)CCN(COC=O)CCN(CC(=O)O)CC2)OC=O)c2ccccc21. The summed E-state index contributed by atoms with van der Waals surface area (Å²) in [4.78, 5) is 81.1. The van der Waals surface area contributed by atoms with E-state index in [2.05, 4.69) is 109 Å². The Kier molecular flexibility index (Phi) is 26.8. The standard InChI is InChI=1S/C62H87ClN8O13S/c1-61(2)50-19-7-9-21-52(50)70(54(61)27-25-48-17-16-18-49(60(48)63)26-28-55-62(3,4)51-20-8-10-22-53(51)71(55)31-14-15-40-85(79,80)81)30-13-5-6-23-56(75)64-29-12-11-24-58(84-47-74)65-57(76)41-66-32-33-67(42-59(77)78)35-37-69(44-83-46-73)39-38-68(36-34-66)43-82-45-72/h7-10,19-22,25-28,45-47,58H,5-6,11-18,23-24,29-44H2,1-4H3,(H3-,64,65,75,76,77,78,79,80,81)/p+1. The van der Waals surface area contributed by atoms with E-state index in [0.29, 0.717) is 117 Å². The van der Waals surface area contributed by atoms with E-state index in [1.54, 1.807) is 4.90 Å². The van der Waals surface area contributed by atoms with Crippen molar-refractivity contribution in [2.75, 3.05) is 109 Å². The van der Waals surface area contributed by atoms with Crippen molar-refractivity contribution in [1.29, 1.82) is 0 Å². The first-order valence-electron chi connectivity index (χ1n) is 29.7. The molecule has 85 heavy (non-hydrogen) atoms. The van der Waals surface area contributed by atoms with Crippen LogP contribution in [0, 0.1) is 0 Å². The van der Waals surface area contributed by atoms with Gasteiger partial charge in [0.2, 0.25) is 17.5 Å². The number of ether oxygens (including phenoxy) is 3. The summed E-state index contributed by atoms with van der Waals surface area (Å²) in [7, 11) is -4.03. The van der Waals surface area contributed by atoms with Crippen LogP contribution in [0.1, 0.15) is 116 Å². The summed E-state index contributed by atoms with van der Waals surface area (Å²) in [6, 6.07) is 16.8. The van der Waals surface area contributed by atoms with Crippen LogP contribution in [0.25, 0.3) is 0 Å². The second kappa shape index (κ2) is 33.6. The summed E-state index contributed by atoms with van der Waals surface area (Å²) in [6.45, 7) is 14.5. The molecule has 466 valence electrons. The van der Waals surface area contributed by atoms with Crippen molar-refractivity contribution in [3.8, 4) is 0 Å². The summed E-state index contributed by atoms with van der Waals surface area (Å²) >= 11 is 7.29. The van der Waals surface area contributed by atoms with Gasteiger partial charge in [0.15, 0.2) is 11.9 Å². The lowest BCUT2D eigenvalue weighted by Gasteiger charge is -2.33. The van der Waals surface area contributed by atoms with Crippen molar-refractivity contribution in [2.24, 2.45) is 0 Å². The maximum atomic E-state index is 13.4. The molecule has 0 spiro atoms. The van der Waals surface area contributed by atoms with Gasteiger partial charge in [-0.15, -0.1) is 0 Å². The van der Waals surface area contributed by atoms with Crippen LogP contribution in [0.3, 0.4) is 0 Å². The first kappa shape index (κ1) is 67.9. The molecule has 2 aromatic rings. The topological polar surface area (TPSA) is 248 Å². The molecule has 21 nitrogen and oxygen atoms in total. The number of carboxylic acids is 1. The predicted molar refractivity (Wildman–Crippen MR) is 326 cm³/mol. The maximum absolute atomic E-state index is 13.4. The van der Waals surface area contributed by atoms with Crippen LogP contribution in [-0.2, 0) is 63.9 Å². The van der Waals surface area contributed by atoms with Gasteiger partial charge in [-0.3, -0.25) is 52.9 Å². The van der Waals surface area contributed by atoms with E-state index in [1.165, 1.54) is 22.5 Å². The minimum Gasteiger partial charge on any atom is -0.480 e. The van der Waals surface area contributed by atoms with Crippen LogP contribution < -0.4 is 15.5 Å². The third-order valence-electron chi connectivity index (χ3n) is 16.3. The number of carbonyl (C=O) groups excluding carboxylic acids is 5. The van der Waals surface area contributed by atoms with Gasteiger partial charge in [0.05, 0.1) is 24.3 Å². The molecule has 2 aromatic carbocycles. The van der Waals surface area contributed by atoms with Crippen LogP contribution >= 0.6 is 11.6 Å². The highest BCUT2D eigenvalue weighted by molar-refractivity contribution is 7.85. The number of hydrogen-bond donors (Lipinski definition) is 4. The Hall–Kier alpha value is -6.27. The van der Waals surface area contributed by atoms with E-state index < -0.39 is 28.2 Å². The Morgan fingerprint density at radius 1 is 0.718 bits per heavy atom. The van der Waals surface area contributed by atoms with E-state index in [1.807, 2.05) is 26.8 Å². The van der Waals surface area contributed by atoms with Gasteiger partial charge in [0.1, 0.15) is 20.0 Å². The van der Waals surface area contributed by atoms with Gasteiger partial charge in [-0.1, -0.05) is 74.0 Å². The van der Waals surface area contributed by atoms with Crippen molar-refractivity contribution in [2.45, 2.75) is 122 Å². The van der Waals surface area contributed by atoms with Gasteiger partial charge >= 0.3 is 5.97 Å². The zero-order valence-corrected chi connectivity index (χ0v) is 51.5. The average molecular weight is 1220 g/mol. The highest BCUT2D eigenvalue weighted by Crippen LogP contribution is 2.48. The van der Waals surface area contributed by atoms with Crippen molar-refractivity contribution < 1.29 is 65.6 Å². The lowest BCUT2D eigenvalue weighted by atomic mass is 9.81. The number of carbonyl (C=O) groups is 6. The second-order valence-electron chi connectivity index (χ2n) is 23.1. The molecule has 0 saturated carbocycles. The predicted octanol–water partition coefficient (Wildman–Crippen LogP) is 6.60. The number of unbranched alkanes of at least 4 members (excludes halogenated alkanes) is 4. The fourth-order valence-corrected chi connectivity index (χ4v) is 12.6. The number of amides is 2. The molecule has 1 saturated heterocycles. The molecule has 0 aromatic heterocycles. The molecule has 1 unspecified atom stereocenters. The van der Waals surface area contributed by atoms with Crippen LogP contribution in [0.2, 0.25) is 0 Å². The van der Waals surface area contributed by atoms with Crippen molar-refractivity contribution in [3.05, 3.63) is 106 Å². The molecule has 1 fully saturated rings. The molecule has 0 radical (unpaired) electrons. The summed E-state index contributed by atoms with van der Waals surface area (Å²) in [5, 5.41) is 16.1. The lowest BCUT2D eigenvalue weighted by molar-refractivity contribution is -0.438. The first-order valence-corrected chi connectivity index (χ1v) is 31.7. The number of hydrogen-bond acceptors (Lipinski definition) is 16. The van der Waals surface area contributed by atoms with E-state index >= 15 is 0 Å². The number of carboxylic acid groups (broad SMARTS) is 1. The molecule has 3 heterocycles. The summed E-state index contributed by atoms with van der Waals surface area (Å²) in [5.74, 6) is -1.71. The Morgan fingerprint density at radius 3 is 2.00 bits per heavy atom. The Labute approximate surface area is 506 Å². The average Bonchev–Trinajstić information content (AvgIpc) is 1.95. The van der Waals surface area contributed by atoms with Gasteiger partial charge in [0.25, 0.3) is 29.5 Å². The van der Waals surface area contributed by atoms with E-state index in [-0.39, 0.29) is 55.5 Å². The molecule has 1 atom stereocenters. The zero-order valence-electron chi connectivity index (χ0n) is 49.9. The minimum atomic E-state index is -4.03. The molecule has 6 rings (SSSR count). The molecule has 23 heteroatoms. The number of nitrogens with zero attached hydrogens (tertiary/aromatic N) is 6. The molecule has 4 N–H and O–H groups in total. The van der Waals surface area contributed by atoms with E-state index in [0.717, 1.165) is 72.6 Å². The van der Waals surface area contributed by atoms with Crippen LogP contribution in [-0.4, -0.2) is 196 Å². The van der Waals surface area contributed by atoms with E-state index in [4.69, 9.17) is 25.8 Å². The third-order valence-corrected chi connectivity index (χ3v) is 17.6. The molecule has 1 aliphatic carbocycles. The summed E-state index contributed by atoms with van der Waals surface area (Å²) in [6.07, 6.45) is 15.7. The number of anilines is 1. The zero-order chi connectivity index (χ0) is 61.4. The second-order valence-corrected chi connectivity index (χ2v) is 25.1. The minimum absolute atomic E-state index is 0.00583. The molecular formula is C62H88ClN8O13S+. The quantitative estimate of drug-likeness (QED) is 0.0150. The lowest BCUT2D eigenvalue weighted by Crippen LogP contribution is -2.50. The molecular weight excluding hydrogens is 1130 g/mol. The Bertz CT molecular complexity index is 2890. The maximum Gasteiger partial charge on any atom is 0.317 e. The van der Waals surface area contributed by atoms with Crippen molar-refractivity contribution in [1.82, 2.24) is 30.2 Å². The van der Waals surface area contributed by atoms with Crippen LogP contribution in [0.15, 0.2) is 94.7 Å². The normalized spacial score (nSPS) is 19.5. The van der Waals surface area contributed by atoms with Gasteiger partial charge in [-0.05, 0) is 100 Å². The number of fused-ring (bicyclic) bond motifs is 2. The van der Waals surface area contributed by atoms with Crippen LogP contribution in [0.4, 0.5) is 11.4 Å². The summed E-state index contributed by atoms with van der Waals surface area (Å²) in [5.41, 5.74) is 8.61. The van der Waals surface area contributed by atoms with Gasteiger partial charge in [-0.2, -0.15) is 13.0 Å². The molecule has 2 amide bonds. The Balaban J connectivity index is 0.985. The van der Waals surface area contributed by atoms with Crippen molar-refractivity contribution >= 4 is 76.0 Å². The fraction of sp³-hybridized carbons (Fsp3) is 0.565. The van der Waals surface area contributed by atoms with Gasteiger partial charge in [0, 0.05) is 124 Å². The summed E-state index contributed by atoms with van der Waals surface area (Å²) < 4.78 is 49.9. The number of nitrogens with one attached hydrogen (secondary N) is 2. The smallest absolute Gasteiger partial charge is 0.317 e. The number of halogens is 1. The largest absolute Gasteiger partial charge is 0.480 e. The third kappa shape index (κ3) is 20.7. The molecule has 3 aliphatic heterocycles. The van der Waals surface area contributed by atoms with Gasteiger partial charge in [-0.25, -0.2) is 0 Å². The number of aliphatic carboxylic acids is 1. The first-order chi connectivity index (χ1) is 40.7. The fourth-order valence-electron chi connectivity index (χ4n) is 11.7.